The third-order valence-corrected chi connectivity index (χ3v) is 6.92. The van der Waals surface area contributed by atoms with Gasteiger partial charge in [-0.3, -0.25) is 24.0 Å². The second-order valence-corrected chi connectivity index (χ2v) is 11.4. The summed E-state index contributed by atoms with van der Waals surface area (Å²) in [5, 5.41) is 9.39. The molecule has 0 spiro atoms. The van der Waals surface area contributed by atoms with Crippen molar-refractivity contribution in [2.24, 2.45) is 5.41 Å². The number of rotatable bonds is 16. The molecule has 7 nitrogen and oxygen atoms in total. The van der Waals surface area contributed by atoms with Crippen LogP contribution in [0.4, 0.5) is 0 Å². The van der Waals surface area contributed by atoms with Crippen LogP contribution in [-0.2, 0) is 28.7 Å². The lowest BCUT2D eigenvalue weighted by Crippen LogP contribution is -2.23. The van der Waals surface area contributed by atoms with Crippen molar-refractivity contribution in [1.82, 2.24) is 0 Å². The zero-order valence-corrected chi connectivity index (χ0v) is 22.6. The minimum absolute atomic E-state index is 0.0997. The third-order valence-electron chi connectivity index (χ3n) is 6.92. The second-order valence-electron chi connectivity index (χ2n) is 11.4. The predicted molar refractivity (Wildman–Crippen MR) is 141 cm³/mol. The molecule has 0 aromatic heterocycles. The normalized spacial score (nSPS) is 16.8. The first-order valence-corrected chi connectivity index (χ1v) is 13.1. The van der Waals surface area contributed by atoms with Gasteiger partial charge in [0.15, 0.2) is 23.1 Å². The Hall–Kier alpha value is -2.93. The van der Waals surface area contributed by atoms with E-state index in [1.54, 1.807) is 0 Å². The summed E-state index contributed by atoms with van der Waals surface area (Å²) < 4.78 is 5.04. The molecule has 0 saturated heterocycles. The fourth-order valence-corrected chi connectivity index (χ4v) is 4.51. The summed E-state index contributed by atoms with van der Waals surface area (Å²) in [7, 11) is 0. The van der Waals surface area contributed by atoms with Gasteiger partial charge in [-0.15, -0.1) is 0 Å². The number of hydrogen-bond acceptors (Lipinski definition) is 7. The van der Waals surface area contributed by atoms with Crippen molar-refractivity contribution in [1.29, 1.82) is 0 Å². The molecule has 0 aromatic rings. The molecule has 0 aliphatic heterocycles. The van der Waals surface area contributed by atoms with Crippen molar-refractivity contribution in [3.05, 3.63) is 46.6 Å². The average Bonchev–Trinajstić information content (AvgIpc) is 2.82. The molecule has 0 fully saturated rings. The number of ether oxygens (including phenoxy) is 1. The molecule has 0 bridgehead atoms. The molecule has 0 heterocycles. The number of allylic oxidation sites excluding steroid dienone is 8. The molecule has 2 aliphatic rings. The first-order chi connectivity index (χ1) is 17.4. The van der Waals surface area contributed by atoms with E-state index in [-0.39, 0.29) is 48.0 Å². The van der Waals surface area contributed by atoms with Gasteiger partial charge in [-0.25, -0.2) is 0 Å². The third kappa shape index (κ3) is 9.80. The number of Topliss-reactive ketones (excluding diaryl/α,β-unsaturated/α-hetero) is 2. The lowest BCUT2D eigenvalue weighted by Gasteiger charge is -2.22. The highest BCUT2D eigenvalue weighted by molar-refractivity contribution is 6.21. The molecule has 0 radical (unpaired) electrons. The summed E-state index contributed by atoms with van der Waals surface area (Å²) in [4.78, 5) is 61.0. The maximum atomic E-state index is 13.0. The SMILES string of the molecule is CC(C)(CO)CCCCC1=CC(=O)C=C(CCC2=CC(=O)C=C(CCCCC(C)(C)OC=O)C2=O)C1=O. The highest BCUT2D eigenvalue weighted by Gasteiger charge is 2.26. The van der Waals surface area contributed by atoms with Crippen LogP contribution in [0.5, 0.6) is 0 Å². The van der Waals surface area contributed by atoms with Gasteiger partial charge in [-0.1, -0.05) is 20.3 Å². The van der Waals surface area contributed by atoms with Gasteiger partial charge >= 0.3 is 0 Å². The Morgan fingerprint density at radius 3 is 1.49 bits per heavy atom. The topological polar surface area (TPSA) is 115 Å². The molecule has 0 aromatic carbocycles. The van der Waals surface area contributed by atoms with E-state index in [2.05, 4.69) is 0 Å². The van der Waals surface area contributed by atoms with E-state index in [0.717, 1.165) is 25.7 Å². The van der Waals surface area contributed by atoms with Gasteiger partial charge < -0.3 is 9.84 Å². The van der Waals surface area contributed by atoms with Crippen molar-refractivity contribution in [2.75, 3.05) is 6.61 Å². The summed E-state index contributed by atoms with van der Waals surface area (Å²) in [6.07, 6.45) is 11.2. The maximum Gasteiger partial charge on any atom is 0.293 e. The number of hydrogen-bond donors (Lipinski definition) is 1. The predicted octanol–water partition coefficient (Wildman–Crippen LogP) is 4.87. The Bertz CT molecular complexity index is 1030. The van der Waals surface area contributed by atoms with Crippen LogP contribution in [0.2, 0.25) is 0 Å². The molecule has 2 aliphatic carbocycles. The Labute approximate surface area is 219 Å². The zero-order valence-electron chi connectivity index (χ0n) is 22.6. The Morgan fingerprint density at radius 2 is 1.08 bits per heavy atom. The van der Waals surface area contributed by atoms with Gasteiger partial charge in [0, 0.05) is 28.9 Å². The van der Waals surface area contributed by atoms with Gasteiger partial charge in [0.1, 0.15) is 5.60 Å². The molecular weight excluding hydrogens is 472 g/mol. The van der Waals surface area contributed by atoms with Gasteiger partial charge in [0.25, 0.3) is 6.47 Å². The average molecular weight is 513 g/mol. The summed E-state index contributed by atoms with van der Waals surface area (Å²) in [5.74, 6) is -0.851. The van der Waals surface area contributed by atoms with E-state index in [0.29, 0.717) is 54.4 Å². The van der Waals surface area contributed by atoms with Crippen molar-refractivity contribution in [3.8, 4) is 0 Å². The number of carbonyl (C=O) groups excluding carboxylic acids is 5. The van der Waals surface area contributed by atoms with Gasteiger partial charge in [0.2, 0.25) is 0 Å². The molecule has 0 unspecified atom stereocenters. The Kier molecular flexibility index (Phi) is 11.1. The van der Waals surface area contributed by atoms with Crippen molar-refractivity contribution in [3.63, 3.8) is 0 Å². The van der Waals surface area contributed by atoms with Crippen LogP contribution in [0.25, 0.3) is 0 Å². The number of ketones is 4. The van der Waals surface area contributed by atoms with Crippen molar-refractivity contribution in [2.45, 2.75) is 97.5 Å². The molecule has 37 heavy (non-hydrogen) atoms. The Morgan fingerprint density at radius 1 is 0.676 bits per heavy atom. The van der Waals surface area contributed by atoms with Crippen LogP contribution in [0.1, 0.15) is 91.9 Å². The number of carbonyl (C=O) groups is 5. The van der Waals surface area contributed by atoms with Gasteiger partial charge in [-0.2, -0.15) is 0 Å². The highest BCUT2D eigenvalue weighted by Crippen LogP contribution is 2.28. The standard InChI is InChI=1S/C30H40O7/c1-29(2,19-31)13-7-5-9-21-15-25(33)17-23(27(21)35)11-12-24-18-26(34)16-22(28(24)36)10-6-8-14-30(3,4)37-20-32/h15-18,20,31H,5-14,19H2,1-4H3. The fraction of sp³-hybridized carbons (Fsp3) is 0.567. The molecule has 202 valence electrons. The van der Waals surface area contributed by atoms with Gasteiger partial charge in [-0.05, 0) is 101 Å². The quantitative estimate of drug-likeness (QED) is 0.178. The minimum atomic E-state index is -0.575. The molecular formula is C30H40O7. The smallest absolute Gasteiger partial charge is 0.293 e. The van der Waals surface area contributed by atoms with E-state index in [1.807, 2.05) is 27.7 Å². The number of aliphatic hydroxyl groups excluding tert-OH is 1. The molecule has 0 atom stereocenters. The van der Waals surface area contributed by atoms with Crippen molar-refractivity contribution < 1.29 is 33.8 Å². The van der Waals surface area contributed by atoms with Crippen LogP contribution in [0.3, 0.4) is 0 Å². The molecule has 0 saturated carbocycles. The summed E-state index contributed by atoms with van der Waals surface area (Å²) in [6, 6.07) is 0. The van der Waals surface area contributed by atoms with Crippen LogP contribution < -0.4 is 0 Å². The van der Waals surface area contributed by atoms with E-state index in [4.69, 9.17) is 4.74 Å². The Balaban J connectivity index is 1.89. The van der Waals surface area contributed by atoms with E-state index in [9.17, 15) is 29.1 Å². The molecule has 2 rings (SSSR count). The first-order valence-electron chi connectivity index (χ1n) is 13.1. The monoisotopic (exact) mass is 512 g/mol. The zero-order chi connectivity index (χ0) is 27.6. The summed E-state index contributed by atoms with van der Waals surface area (Å²) >= 11 is 0. The highest BCUT2D eigenvalue weighted by atomic mass is 16.5. The molecule has 1 N–H and O–H groups in total. The van der Waals surface area contributed by atoms with Crippen LogP contribution in [-0.4, -0.2) is 46.9 Å². The van der Waals surface area contributed by atoms with E-state index < -0.39 is 5.60 Å². The lowest BCUT2D eigenvalue weighted by atomic mass is 9.84. The molecule has 0 amide bonds. The number of aliphatic hydroxyl groups is 1. The maximum absolute atomic E-state index is 13.0. The van der Waals surface area contributed by atoms with Crippen molar-refractivity contribution >= 4 is 29.6 Å². The summed E-state index contributed by atoms with van der Waals surface area (Å²) in [6.45, 7) is 8.15. The molecule has 7 heteroatoms. The minimum Gasteiger partial charge on any atom is -0.462 e. The lowest BCUT2D eigenvalue weighted by molar-refractivity contribution is -0.141. The van der Waals surface area contributed by atoms with Crippen LogP contribution in [0.15, 0.2) is 46.6 Å². The largest absolute Gasteiger partial charge is 0.462 e. The van der Waals surface area contributed by atoms with Crippen LogP contribution in [0, 0.1) is 5.41 Å². The van der Waals surface area contributed by atoms with E-state index in [1.165, 1.54) is 24.3 Å². The van der Waals surface area contributed by atoms with Crippen LogP contribution >= 0.6 is 0 Å². The second kappa shape index (κ2) is 13.6. The first kappa shape index (κ1) is 30.3. The van der Waals surface area contributed by atoms with E-state index >= 15 is 0 Å². The number of unbranched alkanes of at least 4 members (excludes halogenated alkanes) is 2. The summed E-state index contributed by atoms with van der Waals surface area (Å²) in [5.41, 5.74) is 0.908. The fourth-order valence-electron chi connectivity index (χ4n) is 4.51. The van der Waals surface area contributed by atoms with Gasteiger partial charge in [0.05, 0.1) is 0 Å².